The molecule has 0 saturated carbocycles. The molecule has 0 bridgehead atoms. The molecule has 1 unspecified atom stereocenters. The molecule has 5 heteroatoms. The maximum Gasteiger partial charge on any atom is 0.146 e. The second kappa shape index (κ2) is 6.77. The van der Waals surface area contributed by atoms with Gasteiger partial charge in [-0.05, 0) is 37.2 Å². The largest absolute Gasteiger partial charge is 0.305 e. The van der Waals surface area contributed by atoms with E-state index in [0.29, 0.717) is 17.1 Å². The standard InChI is InChI=1S/C15H15ClF2N2/c1-2-7-19-14(15-12(17)4-3-8-20-15)11-6-5-10(16)9-13(11)18/h3-6,8-9,14,19H,2,7H2,1H3. The average Bonchev–Trinajstić information content (AvgIpc) is 2.42. The molecule has 0 aliphatic carbocycles. The third-order valence-electron chi connectivity index (χ3n) is 2.93. The predicted octanol–water partition coefficient (Wildman–Crippen LogP) is 4.10. The van der Waals surface area contributed by atoms with Gasteiger partial charge in [-0.2, -0.15) is 0 Å². The van der Waals surface area contributed by atoms with Crippen LogP contribution in [0.2, 0.25) is 5.02 Å². The molecule has 106 valence electrons. The van der Waals surface area contributed by atoms with Gasteiger partial charge in [-0.3, -0.25) is 4.98 Å². The Morgan fingerprint density at radius 1 is 1.25 bits per heavy atom. The van der Waals surface area contributed by atoms with Gasteiger partial charge in [0.25, 0.3) is 0 Å². The van der Waals surface area contributed by atoms with Crippen LogP contribution in [0.5, 0.6) is 0 Å². The first-order valence-electron chi connectivity index (χ1n) is 6.42. The van der Waals surface area contributed by atoms with Crippen LogP contribution >= 0.6 is 11.6 Å². The minimum atomic E-state index is -0.631. The van der Waals surface area contributed by atoms with Crippen molar-refractivity contribution in [3.8, 4) is 0 Å². The van der Waals surface area contributed by atoms with Crippen LogP contribution in [0.1, 0.15) is 30.6 Å². The number of aromatic nitrogens is 1. The Morgan fingerprint density at radius 3 is 2.70 bits per heavy atom. The molecule has 0 saturated heterocycles. The van der Waals surface area contributed by atoms with Gasteiger partial charge in [-0.1, -0.05) is 24.6 Å². The van der Waals surface area contributed by atoms with Gasteiger partial charge in [0.2, 0.25) is 0 Å². The number of hydrogen-bond donors (Lipinski definition) is 1. The van der Waals surface area contributed by atoms with Crippen molar-refractivity contribution >= 4 is 11.6 Å². The van der Waals surface area contributed by atoms with Gasteiger partial charge in [0.15, 0.2) is 0 Å². The van der Waals surface area contributed by atoms with E-state index in [2.05, 4.69) is 10.3 Å². The molecule has 1 aromatic carbocycles. The fourth-order valence-electron chi connectivity index (χ4n) is 1.99. The first-order chi connectivity index (χ1) is 9.63. The van der Waals surface area contributed by atoms with Crippen LogP contribution in [-0.2, 0) is 0 Å². The quantitative estimate of drug-likeness (QED) is 0.898. The maximum absolute atomic E-state index is 14.1. The molecular formula is C15H15ClF2N2. The van der Waals surface area contributed by atoms with Crippen molar-refractivity contribution in [1.82, 2.24) is 10.3 Å². The van der Waals surface area contributed by atoms with Crippen molar-refractivity contribution in [3.05, 3.63) is 64.4 Å². The van der Waals surface area contributed by atoms with E-state index >= 15 is 0 Å². The minimum absolute atomic E-state index is 0.183. The Kier molecular flexibility index (Phi) is 5.04. The van der Waals surface area contributed by atoms with Gasteiger partial charge in [-0.15, -0.1) is 0 Å². The van der Waals surface area contributed by atoms with Crippen molar-refractivity contribution in [1.29, 1.82) is 0 Å². The molecule has 0 fully saturated rings. The van der Waals surface area contributed by atoms with E-state index < -0.39 is 17.7 Å². The molecule has 0 amide bonds. The molecule has 2 rings (SSSR count). The Hall–Kier alpha value is -1.52. The molecule has 1 heterocycles. The number of hydrogen-bond acceptors (Lipinski definition) is 2. The van der Waals surface area contributed by atoms with Crippen LogP contribution in [0.25, 0.3) is 0 Å². The Labute approximate surface area is 121 Å². The topological polar surface area (TPSA) is 24.9 Å². The molecule has 0 aliphatic rings. The molecule has 20 heavy (non-hydrogen) atoms. The highest BCUT2D eigenvalue weighted by Crippen LogP contribution is 2.26. The lowest BCUT2D eigenvalue weighted by Crippen LogP contribution is -2.26. The minimum Gasteiger partial charge on any atom is -0.305 e. The third kappa shape index (κ3) is 3.32. The lowest BCUT2D eigenvalue weighted by Gasteiger charge is -2.19. The summed E-state index contributed by atoms with van der Waals surface area (Å²) >= 11 is 5.75. The van der Waals surface area contributed by atoms with Crippen LogP contribution in [0.15, 0.2) is 36.5 Å². The highest BCUT2D eigenvalue weighted by Gasteiger charge is 2.21. The van der Waals surface area contributed by atoms with Gasteiger partial charge in [0.05, 0.1) is 11.7 Å². The van der Waals surface area contributed by atoms with Crippen LogP contribution in [0.3, 0.4) is 0 Å². The molecule has 1 atom stereocenters. The number of benzene rings is 1. The summed E-state index contributed by atoms with van der Waals surface area (Å²) in [7, 11) is 0. The van der Waals surface area contributed by atoms with Crippen molar-refractivity contribution in [3.63, 3.8) is 0 Å². The molecular weight excluding hydrogens is 282 g/mol. The summed E-state index contributed by atoms with van der Waals surface area (Å²) < 4.78 is 28.0. The normalized spacial score (nSPS) is 12.4. The van der Waals surface area contributed by atoms with E-state index in [1.54, 1.807) is 12.1 Å². The number of nitrogens with one attached hydrogen (secondary N) is 1. The highest BCUT2D eigenvalue weighted by molar-refractivity contribution is 6.30. The third-order valence-corrected chi connectivity index (χ3v) is 3.17. The zero-order valence-corrected chi connectivity index (χ0v) is 11.8. The summed E-state index contributed by atoms with van der Waals surface area (Å²) in [6.07, 6.45) is 2.34. The number of pyridine rings is 1. The van der Waals surface area contributed by atoms with Gasteiger partial charge in [0.1, 0.15) is 11.6 Å². The van der Waals surface area contributed by atoms with Crippen LogP contribution in [-0.4, -0.2) is 11.5 Å². The van der Waals surface area contributed by atoms with E-state index in [0.717, 1.165) is 6.42 Å². The van der Waals surface area contributed by atoms with E-state index in [1.165, 1.54) is 24.4 Å². The monoisotopic (exact) mass is 296 g/mol. The van der Waals surface area contributed by atoms with E-state index in [-0.39, 0.29) is 5.69 Å². The summed E-state index contributed by atoms with van der Waals surface area (Å²) in [5.41, 5.74) is 0.516. The second-order valence-corrected chi connectivity index (χ2v) is 4.86. The van der Waals surface area contributed by atoms with Crippen molar-refractivity contribution in [2.45, 2.75) is 19.4 Å². The molecule has 0 aliphatic heterocycles. The van der Waals surface area contributed by atoms with Crippen LogP contribution in [0, 0.1) is 11.6 Å². The van der Waals surface area contributed by atoms with E-state index in [9.17, 15) is 8.78 Å². The SMILES string of the molecule is CCCNC(c1ccc(Cl)cc1F)c1ncccc1F. The van der Waals surface area contributed by atoms with E-state index in [1.807, 2.05) is 6.92 Å². The lowest BCUT2D eigenvalue weighted by atomic mass is 10.0. The molecule has 0 radical (unpaired) electrons. The first kappa shape index (κ1) is 14.9. The smallest absolute Gasteiger partial charge is 0.146 e. The molecule has 2 aromatic rings. The Morgan fingerprint density at radius 2 is 2.05 bits per heavy atom. The summed E-state index contributed by atoms with van der Waals surface area (Å²) in [5.74, 6) is -0.938. The van der Waals surface area contributed by atoms with Crippen molar-refractivity contribution < 1.29 is 8.78 Å². The molecule has 2 nitrogen and oxygen atoms in total. The second-order valence-electron chi connectivity index (χ2n) is 4.42. The highest BCUT2D eigenvalue weighted by atomic mass is 35.5. The lowest BCUT2D eigenvalue weighted by molar-refractivity contribution is 0.508. The zero-order valence-electron chi connectivity index (χ0n) is 11.0. The van der Waals surface area contributed by atoms with Crippen molar-refractivity contribution in [2.75, 3.05) is 6.54 Å². The molecule has 1 N–H and O–H groups in total. The maximum atomic E-state index is 14.1. The van der Waals surface area contributed by atoms with Crippen molar-refractivity contribution in [2.24, 2.45) is 0 Å². The fourth-order valence-corrected chi connectivity index (χ4v) is 2.15. The van der Waals surface area contributed by atoms with E-state index in [4.69, 9.17) is 11.6 Å². The van der Waals surface area contributed by atoms with Crippen LogP contribution in [0.4, 0.5) is 8.78 Å². The number of rotatable bonds is 5. The summed E-state index contributed by atoms with van der Waals surface area (Å²) in [5, 5.41) is 3.42. The average molecular weight is 297 g/mol. The molecule has 1 aromatic heterocycles. The number of halogens is 3. The molecule has 0 spiro atoms. The summed E-state index contributed by atoms with van der Waals surface area (Å²) in [6.45, 7) is 2.61. The Bertz CT molecular complexity index is 590. The van der Waals surface area contributed by atoms with Gasteiger partial charge < -0.3 is 5.32 Å². The predicted molar refractivity (Wildman–Crippen MR) is 75.7 cm³/mol. The number of nitrogens with zero attached hydrogens (tertiary/aromatic N) is 1. The fraction of sp³-hybridized carbons (Fsp3) is 0.267. The van der Waals surface area contributed by atoms with Gasteiger partial charge in [0, 0.05) is 16.8 Å². The van der Waals surface area contributed by atoms with Gasteiger partial charge >= 0.3 is 0 Å². The summed E-state index contributed by atoms with van der Waals surface area (Å²) in [6, 6.07) is 6.55. The van der Waals surface area contributed by atoms with Crippen LogP contribution < -0.4 is 5.32 Å². The van der Waals surface area contributed by atoms with Gasteiger partial charge in [-0.25, -0.2) is 8.78 Å². The summed E-state index contributed by atoms with van der Waals surface area (Å²) in [4.78, 5) is 4.03. The Balaban J connectivity index is 2.44. The first-order valence-corrected chi connectivity index (χ1v) is 6.80. The zero-order chi connectivity index (χ0) is 14.5.